The smallest absolute Gasteiger partial charge is 0.274 e. The van der Waals surface area contributed by atoms with Crippen LogP contribution in [0.25, 0.3) is 0 Å². The highest BCUT2D eigenvalue weighted by Crippen LogP contribution is 2.37. The van der Waals surface area contributed by atoms with E-state index in [4.69, 9.17) is 5.21 Å². The molecule has 0 aromatic heterocycles. The zero-order valence-corrected chi connectivity index (χ0v) is 13.7. The Hall–Kier alpha value is -1.46. The minimum Gasteiger partial charge on any atom is -0.298 e. The van der Waals surface area contributed by atoms with Crippen molar-refractivity contribution in [3.8, 4) is 0 Å². The SMILES string of the molecule is CC1(CN2CCc3cc(C(=O)NO)cc(F)c3C2)CCCCC1. The maximum atomic E-state index is 14.4. The largest absolute Gasteiger partial charge is 0.298 e. The van der Waals surface area contributed by atoms with Crippen LogP contribution >= 0.6 is 0 Å². The summed E-state index contributed by atoms with van der Waals surface area (Å²) in [6, 6.07) is 2.92. The quantitative estimate of drug-likeness (QED) is 0.664. The van der Waals surface area contributed by atoms with E-state index < -0.39 is 5.91 Å². The summed E-state index contributed by atoms with van der Waals surface area (Å²) >= 11 is 0. The third-order valence-corrected chi connectivity index (χ3v) is 5.40. The Labute approximate surface area is 136 Å². The average molecular weight is 320 g/mol. The maximum Gasteiger partial charge on any atom is 0.274 e. The van der Waals surface area contributed by atoms with Gasteiger partial charge in [-0.2, -0.15) is 0 Å². The number of halogens is 1. The minimum absolute atomic E-state index is 0.177. The molecule has 126 valence electrons. The van der Waals surface area contributed by atoms with Crippen molar-refractivity contribution >= 4 is 5.91 Å². The molecule has 1 heterocycles. The number of benzene rings is 1. The first kappa shape index (κ1) is 16.4. The molecule has 23 heavy (non-hydrogen) atoms. The topological polar surface area (TPSA) is 52.6 Å². The van der Waals surface area contributed by atoms with Crippen LogP contribution in [0.3, 0.4) is 0 Å². The fourth-order valence-corrected chi connectivity index (χ4v) is 4.11. The molecule has 5 heteroatoms. The number of hydrogen-bond acceptors (Lipinski definition) is 3. The van der Waals surface area contributed by atoms with Gasteiger partial charge in [-0.15, -0.1) is 0 Å². The molecular weight excluding hydrogens is 295 g/mol. The van der Waals surface area contributed by atoms with Gasteiger partial charge in [0, 0.05) is 30.8 Å². The Balaban J connectivity index is 1.74. The highest BCUT2D eigenvalue weighted by Gasteiger charge is 2.31. The molecule has 1 aromatic rings. The lowest BCUT2D eigenvalue weighted by molar-refractivity contribution is 0.0705. The van der Waals surface area contributed by atoms with Gasteiger partial charge in [0.1, 0.15) is 5.82 Å². The highest BCUT2D eigenvalue weighted by molar-refractivity contribution is 5.93. The van der Waals surface area contributed by atoms with Crippen molar-refractivity contribution in [2.45, 2.75) is 52.0 Å². The summed E-state index contributed by atoms with van der Waals surface area (Å²) < 4.78 is 14.4. The number of hydroxylamine groups is 1. The van der Waals surface area contributed by atoms with Crippen molar-refractivity contribution in [2.75, 3.05) is 13.1 Å². The molecule has 2 N–H and O–H groups in total. The van der Waals surface area contributed by atoms with E-state index in [1.54, 1.807) is 11.5 Å². The lowest BCUT2D eigenvalue weighted by atomic mass is 9.75. The molecule has 0 bridgehead atoms. The lowest BCUT2D eigenvalue weighted by Gasteiger charge is -2.40. The number of hydrogen-bond donors (Lipinski definition) is 2. The number of rotatable bonds is 3. The fourth-order valence-electron chi connectivity index (χ4n) is 4.11. The van der Waals surface area contributed by atoms with Gasteiger partial charge < -0.3 is 0 Å². The average Bonchev–Trinajstić information content (AvgIpc) is 2.55. The molecular formula is C18H25FN2O2. The van der Waals surface area contributed by atoms with Gasteiger partial charge in [-0.25, -0.2) is 9.87 Å². The normalized spacial score (nSPS) is 20.8. The maximum absolute atomic E-state index is 14.4. The molecule has 0 radical (unpaired) electrons. The van der Waals surface area contributed by atoms with E-state index in [2.05, 4.69) is 11.8 Å². The van der Waals surface area contributed by atoms with Crippen LogP contribution in [0.2, 0.25) is 0 Å². The molecule has 1 aliphatic carbocycles. The molecule has 0 atom stereocenters. The predicted octanol–water partition coefficient (Wildman–Crippen LogP) is 3.27. The van der Waals surface area contributed by atoms with Gasteiger partial charge in [-0.1, -0.05) is 26.2 Å². The lowest BCUT2D eigenvalue weighted by Crippen LogP contribution is -2.40. The number of fused-ring (bicyclic) bond motifs is 1. The highest BCUT2D eigenvalue weighted by atomic mass is 19.1. The summed E-state index contributed by atoms with van der Waals surface area (Å²) in [5.74, 6) is -1.01. The van der Waals surface area contributed by atoms with E-state index in [0.717, 1.165) is 25.1 Å². The third kappa shape index (κ3) is 3.56. The molecule has 1 amide bonds. The fraction of sp³-hybridized carbons (Fsp3) is 0.611. The molecule has 1 aromatic carbocycles. The summed E-state index contributed by atoms with van der Waals surface area (Å²) in [6.45, 7) is 4.88. The van der Waals surface area contributed by atoms with E-state index in [-0.39, 0.29) is 11.4 Å². The van der Waals surface area contributed by atoms with Crippen LogP contribution in [-0.4, -0.2) is 29.1 Å². The second kappa shape index (κ2) is 6.57. The number of amides is 1. The molecule has 0 saturated heterocycles. The van der Waals surface area contributed by atoms with Gasteiger partial charge in [0.25, 0.3) is 5.91 Å². The molecule has 1 saturated carbocycles. The second-order valence-corrected chi connectivity index (χ2v) is 7.37. The first-order valence-corrected chi connectivity index (χ1v) is 8.49. The Kier molecular flexibility index (Phi) is 4.69. The Bertz CT molecular complexity index is 597. The Morgan fingerprint density at radius 1 is 1.35 bits per heavy atom. The van der Waals surface area contributed by atoms with Gasteiger partial charge >= 0.3 is 0 Å². The molecule has 4 nitrogen and oxygen atoms in total. The van der Waals surface area contributed by atoms with Crippen molar-refractivity contribution in [2.24, 2.45) is 5.41 Å². The number of carbonyl (C=O) groups excluding carboxylic acids is 1. The van der Waals surface area contributed by atoms with Gasteiger partial charge in [0.05, 0.1) is 0 Å². The summed E-state index contributed by atoms with van der Waals surface area (Å²) in [7, 11) is 0. The van der Waals surface area contributed by atoms with Crippen molar-refractivity contribution < 1.29 is 14.4 Å². The van der Waals surface area contributed by atoms with Crippen molar-refractivity contribution in [1.82, 2.24) is 10.4 Å². The van der Waals surface area contributed by atoms with Crippen molar-refractivity contribution in [3.05, 3.63) is 34.6 Å². The van der Waals surface area contributed by atoms with Crippen LogP contribution in [0.4, 0.5) is 4.39 Å². The van der Waals surface area contributed by atoms with E-state index in [9.17, 15) is 9.18 Å². The summed E-state index contributed by atoms with van der Waals surface area (Å²) in [5.41, 5.74) is 3.68. The zero-order valence-electron chi connectivity index (χ0n) is 13.7. The molecule has 2 aliphatic rings. The van der Waals surface area contributed by atoms with Crippen LogP contribution in [0.1, 0.15) is 60.5 Å². The van der Waals surface area contributed by atoms with Crippen LogP contribution in [0.15, 0.2) is 12.1 Å². The molecule has 0 unspecified atom stereocenters. The number of carbonyl (C=O) groups is 1. The first-order valence-electron chi connectivity index (χ1n) is 8.49. The predicted molar refractivity (Wildman–Crippen MR) is 85.8 cm³/mol. The minimum atomic E-state index is -0.663. The van der Waals surface area contributed by atoms with Crippen molar-refractivity contribution in [1.29, 1.82) is 0 Å². The van der Waals surface area contributed by atoms with Gasteiger partial charge in [-0.3, -0.25) is 14.9 Å². The number of nitrogens with zero attached hydrogens (tertiary/aromatic N) is 1. The molecule has 1 fully saturated rings. The van der Waals surface area contributed by atoms with E-state index in [1.165, 1.54) is 38.2 Å². The van der Waals surface area contributed by atoms with Crippen LogP contribution < -0.4 is 5.48 Å². The van der Waals surface area contributed by atoms with Crippen LogP contribution in [-0.2, 0) is 13.0 Å². The van der Waals surface area contributed by atoms with Gasteiger partial charge in [0.2, 0.25) is 0 Å². The van der Waals surface area contributed by atoms with Gasteiger partial charge in [-0.05, 0) is 42.4 Å². The van der Waals surface area contributed by atoms with Gasteiger partial charge in [0.15, 0.2) is 0 Å². The summed E-state index contributed by atoms with van der Waals surface area (Å²) in [4.78, 5) is 13.8. The first-order chi connectivity index (χ1) is 11.0. The second-order valence-electron chi connectivity index (χ2n) is 7.37. The summed E-state index contributed by atoms with van der Waals surface area (Å²) in [5, 5.41) is 8.71. The monoisotopic (exact) mass is 320 g/mol. The van der Waals surface area contributed by atoms with Crippen LogP contribution in [0.5, 0.6) is 0 Å². The van der Waals surface area contributed by atoms with E-state index in [0.29, 0.717) is 17.5 Å². The number of nitrogens with one attached hydrogen (secondary N) is 1. The van der Waals surface area contributed by atoms with E-state index >= 15 is 0 Å². The summed E-state index contributed by atoms with van der Waals surface area (Å²) in [6.07, 6.45) is 7.20. The van der Waals surface area contributed by atoms with E-state index in [1.807, 2.05) is 0 Å². The Morgan fingerprint density at radius 3 is 2.78 bits per heavy atom. The third-order valence-electron chi connectivity index (χ3n) is 5.40. The molecule has 1 aliphatic heterocycles. The van der Waals surface area contributed by atoms with Crippen molar-refractivity contribution in [3.63, 3.8) is 0 Å². The molecule has 0 spiro atoms. The molecule has 3 rings (SSSR count). The Morgan fingerprint density at radius 2 is 2.09 bits per heavy atom. The standard InChI is InChI=1S/C18H25FN2O2/c1-18(6-3-2-4-7-18)12-21-8-5-13-9-14(17(22)20-23)10-16(19)15(13)11-21/h9-10,23H,2-8,11-12H2,1H3,(H,20,22). The zero-order chi connectivity index (χ0) is 16.4. The van der Waals surface area contributed by atoms with Crippen LogP contribution in [0, 0.1) is 11.2 Å².